The molecule has 0 aromatic heterocycles. The molecule has 0 aromatic rings. The van der Waals surface area contributed by atoms with E-state index in [1.165, 1.54) is 0 Å². The molecule has 3 nitrogen and oxygen atoms in total. The average Bonchev–Trinajstić information content (AvgIpc) is 2.14. The minimum Gasteiger partial charge on any atom is -0.389 e. The molecule has 2 atom stereocenters. The van der Waals surface area contributed by atoms with Crippen LogP contribution in [-0.2, 0) is 0 Å². The van der Waals surface area contributed by atoms with Crippen molar-refractivity contribution >= 4 is 0 Å². The molecule has 0 saturated carbocycles. The maximum Gasteiger partial charge on any atom is 0.0992 e. The van der Waals surface area contributed by atoms with Crippen LogP contribution in [0.5, 0.6) is 0 Å². The second-order valence-corrected chi connectivity index (χ2v) is 3.07. The molecule has 0 aliphatic heterocycles. The summed E-state index contributed by atoms with van der Waals surface area (Å²) in [6.07, 6.45) is 1.92. The van der Waals surface area contributed by atoms with Crippen molar-refractivity contribution in [2.75, 3.05) is 19.6 Å². The first-order valence-electron chi connectivity index (χ1n) is 4.86. The fourth-order valence-electron chi connectivity index (χ4n) is 1.18. The third-order valence-corrected chi connectivity index (χ3v) is 2.12. The Kier molecular flexibility index (Phi) is 6.86. The highest BCUT2D eigenvalue weighted by molar-refractivity contribution is 4.90. The first-order chi connectivity index (χ1) is 6.15. The van der Waals surface area contributed by atoms with Gasteiger partial charge in [0, 0.05) is 6.54 Å². The van der Waals surface area contributed by atoms with E-state index in [2.05, 4.69) is 4.90 Å². The zero-order valence-electron chi connectivity index (χ0n) is 8.77. The number of aliphatic hydroxyl groups excluding tert-OH is 2. The van der Waals surface area contributed by atoms with Gasteiger partial charge >= 0.3 is 0 Å². The van der Waals surface area contributed by atoms with E-state index in [9.17, 15) is 10.2 Å². The summed E-state index contributed by atoms with van der Waals surface area (Å²) in [5, 5.41) is 18.9. The van der Waals surface area contributed by atoms with Crippen LogP contribution in [0.25, 0.3) is 0 Å². The molecule has 2 N–H and O–H groups in total. The van der Waals surface area contributed by atoms with Crippen LogP contribution in [0.3, 0.4) is 0 Å². The van der Waals surface area contributed by atoms with Gasteiger partial charge in [0.05, 0.1) is 12.2 Å². The van der Waals surface area contributed by atoms with Crippen LogP contribution in [0.2, 0.25) is 0 Å². The van der Waals surface area contributed by atoms with Crippen LogP contribution in [0.4, 0.5) is 0 Å². The van der Waals surface area contributed by atoms with E-state index in [-0.39, 0.29) is 0 Å². The van der Waals surface area contributed by atoms with Gasteiger partial charge in [0.25, 0.3) is 0 Å². The predicted octanol–water partition coefficient (Wildman–Crippen LogP) is 0.626. The molecular weight excluding hydrogens is 166 g/mol. The van der Waals surface area contributed by atoms with Gasteiger partial charge in [-0.2, -0.15) is 0 Å². The number of nitrogens with zero attached hydrogens (tertiary/aromatic N) is 1. The van der Waals surface area contributed by atoms with Crippen LogP contribution in [-0.4, -0.2) is 47.0 Å². The van der Waals surface area contributed by atoms with Crippen molar-refractivity contribution in [3.8, 4) is 0 Å². The second-order valence-electron chi connectivity index (χ2n) is 3.07. The van der Waals surface area contributed by atoms with Gasteiger partial charge in [-0.25, -0.2) is 0 Å². The minimum absolute atomic E-state index is 0.526. The van der Waals surface area contributed by atoms with Crippen molar-refractivity contribution in [1.29, 1.82) is 0 Å². The van der Waals surface area contributed by atoms with Crippen LogP contribution in [0.1, 0.15) is 20.8 Å². The van der Waals surface area contributed by atoms with Gasteiger partial charge in [-0.05, 0) is 20.0 Å². The Morgan fingerprint density at radius 3 is 2.15 bits per heavy atom. The fraction of sp³-hybridized carbons (Fsp3) is 0.800. The average molecular weight is 187 g/mol. The molecule has 0 saturated heterocycles. The van der Waals surface area contributed by atoms with Crippen LogP contribution in [0.15, 0.2) is 12.2 Å². The number of likely N-dealkylation sites (N-methyl/N-ethyl adjacent to an activating group) is 1. The van der Waals surface area contributed by atoms with E-state index in [4.69, 9.17) is 0 Å². The monoisotopic (exact) mass is 187 g/mol. The van der Waals surface area contributed by atoms with Crippen LogP contribution in [0, 0.1) is 0 Å². The molecule has 0 amide bonds. The first-order valence-corrected chi connectivity index (χ1v) is 4.86. The molecule has 0 aliphatic carbocycles. The Morgan fingerprint density at radius 2 is 1.77 bits per heavy atom. The highest BCUT2D eigenvalue weighted by atomic mass is 16.3. The largest absolute Gasteiger partial charge is 0.389 e. The minimum atomic E-state index is -0.745. The Hall–Kier alpha value is -0.380. The summed E-state index contributed by atoms with van der Waals surface area (Å²) in [5.41, 5.74) is 0. The van der Waals surface area contributed by atoms with E-state index in [0.717, 1.165) is 13.1 Å². The topological polar surface area (TPSA) is 43.7 Å². The van der Waals surface area contributed by atoms with Crippen molar-refractivity contribution in [1.82, 2.24) is 4.90 Å². The molecule has 0 rings (SSSR count). The van der Waals surface area contributed by atoms with Crippen LogP contribution >= 0.6 is 0 Å². The first kappa shape index (κ1) is 12.6. The standard InChI is InChI=1S/C10H21NO2/c1-4-7-9(12)10(13)8-11(5-2)6-3/h4,7,9-10,12-13H,5-6,8H2,1-3H3/b7-4+. The van der Waals surface area contributed by atoms with Crippen molar-refractivity contribution in [3.63, 3.8) is 0 Å². The van der Waals surface area contributed by atoms with Crippen LogP contribution < -0.4 is 0 Å². The van der Waals surface area contributed by atoms with Gasteiger partial charge in [0.2, 0.25) is 0 Å². The van der Waals surface area contributed by atoms with Crippen molar-refractivity contribution in [3.05, 3.63) is 12.2 Å². The normalized spacial score (nSPS) is 16.8. The summed E-state index contributed by atoms with van der Waals surface area (Å²) in [5.74, 6) is 0. The van der Waals surface area contributed by atoms with Gasteiger partial charge in [0.1, 0.15) is 0 Å². The van der Waals surface area contributed by atoms with Gasteiger partial charge < -0.3 is 15.1 Å². The lowest BCUT2D eigenvalue weighted by Gasteiger charge is -2.23. The number of allylic oxidation sites excluding steroid dienone is 1. The van der Waals surface area contributed by atoms with E-state index in [1.54, 1.807) is 12.2 Å². The Labute approximate surface area is 80.7 Å². The molecule has 0 heterocycles. The summed E-state index contributed by atoms with van der Waals surface area (Å²) >= 11 is 0. The highest BCUT2D eigenvalue weighted by Gasteiger charge is 2.15. The van der Waals surface area contributed by atoms with E-state index in [1.807, 2.05) is 20.8 Å². The lowest BCUT2D eigenvalue weighted by Crippen LogP contribution is -2.38. The van der Waals surface area contributed by atoms with E-state index < -0.39 is 12.2 Å². The number of aliphatic hydroxyl groups is 2. The van der Waals surface area contributed by atoms with Crippen molar-refractivity contribution in [2.45, 2.75) is 33.0 Å². The molecule has 2 unspecified atom stereocenters. The lowest BCUT2D eigenvalue weighted by molar-refractivity contribution is 0.0242. The second kappa shape index (κ2) is 7.06. The molecular formula is C10H21NO2. The number of hydrogen-bond donors (Lipinski definition) is 2. The van der Waals surface area contributed by atoms with E-state index >= 15 is 0 Å². The van der Waals surface area contributed by atoms with Gasteiger partial charge in [-0.3, -0.25) is 0 Å². The fourth-order valence-corrected chi connectivity index (χ4v) is 1.18. The quantitative estimate of drug-likeness (QED) is 0.599. The van der Waals surface area contributed by atoms with Gasteiger partial charge in [-0.1, -0.05) is 26.0 Å². The smallest absolute Gasteiger partial charge is 0.0992 e. The Bertz CT molecular complexity index is 144. The summed E-state index contributed by atoms with van der Waals surface area (Å²) in [7, 11) is 0. The highest BCUT2D eigenvalue weighted by Crippen LogP contribution is 1.99. The summed E-state index contributed by atoms with van der Waals surface area (Å²) < 4.78 is 0. The SMILES string of the molecule is C/C=C/C(O)C(O)CN(CC)CC. The lowest BCUT2D eigenvalue weighted by atomic mass is 10.2. The third-order valence-electron chi connectivity index (χ3n) is 2.12. The molecule has 78 valence electrons. The van der Waals surface area contributed by atoms with Crippen molar-refractivity contribution < 1.29 is 10.2 Å². The Balaban J connectivity index is 3.89. The maximum atomic E-state index is 9.54. The molecule has 0 aromatic carbocycles. The molecule has 0 spiro atoms. The predicted molar refractivity (Wildman–Crippen MR) is 54.6 cm³/mol. The molecule has 13 heavy (non-hydrogen) atoms. The van der Waals surface area contributed by atoms with E-state index in [0.29, 0.717) is 6.54 Å². The summed E-state index contributed by atoms with van der Waals surface area (Å²) in [4.78, 5) is 2.08. The zero-order valence-corrected chi connectivity index (χ0v) is 8.77. The Morgan fingerprint density at radius 1 is 1.23 bits per heavy atom. The maximum absolute atomic E-state index is 9.54. The summed E-state index contributed by atoms with van der Waals surface area (Å²) in [6, 6.07) is 0. The summed E-state index contributed by atoms with van der Waals surface area (Å²) in [6.45, 7) is 8.23. The zero-order chi connectivity index (χ0) is 10.3. The molecule has 0 aliphatic rings. The molecule has 0 radical (unpaired) electrons. The van der Waals surface area contributed by atoms with Gasteiger partial charge in [-0.15, -0.1) is 0 Å². The van der Waals surface area contributed by atoms with Crippen molar-refractivity contribution in [2.24, 2.45) is 0 Å². The number of rotatable bonds is 6. The third kappa shape index (κ3) is 5.03. The van der Waals surface area contributed by atoms with Gasteiger partial charge in [0.15, 0.2) is 0 Å². The number of hydrogen-bond acceptors (Lipinski definition) is 3. The molecule has 0 bridgehead atoms. The molecule has 3 heteroatoms. The molecule has 0 fully saturated rings.